The maximum atomic E-state index is 12.7. The van der Waals surface area contributed by atoms with Crippen molar-refractivity contribution in [2.75, 3.05) is 6.67 Å². The van der Waals surface area contributed by atoms with E-state index in [0.29, 0.717) is 5.52 Å². The molecule has 4 nitrogen and oxygen atoms in total. The number of benzene rings is 1. The lowest BCUT2D eigenvalue weighted by atomic mass is 10.1. The molecule has 1 aromatic heterocycles. The summed E-state index contributed by atoms with van der Waals surface area (Å²) in [5, 5.41) is 9.10. The Morgan fingerprint density at radius 2 is 2.21 bits per heavy atom. The highest BCUT2D eigenvalue weighted by Gasteiger charge is 2.15. The molecule has 0 saturated heterocycles. The third-order valence-electron chi connectivity index (χ3n) is 3.15. The summed E-state index contributed by atoms with van der Waals surface area (Å²) < 4.78 is 14.5. The van der Waals surface area contributed by atoms with Gasteiger partial charge in [0.05, 0.1) is 23.1 Å². The third kappa shape index (κ3) is 2.45. The van der Waals surface area contributed by atoms with E-state index in [1.54, 1.807) is 16.7 Å². The molecule has 1 aromatic carbocycles. The van der Waals surface area contributed by atoms with E-state index in [4.69, 9.17) is 5.11 Å². The lowest BCUT2D eigenvalue weighted by Crippen LogP contribution is -2.06. The van der Waals surface area contributed by atoms with Gasteiger partial charge in [-0.25, -0.2) is 14.2 Å². The van der Waals surface area contributed by atoms with Gasteiger partial charge < -0.3 is 9.67 Å². The molecule has 0 atom stereocenters. The Kier molecular flexibility index (Phi) is 3.83. The maximum Gasteiger partial charge on any atom is 0.335 e. The van der Waals surface area contributed by atoms with Gasteiger partial charge in [0, 0.05) is 6.42 Å². The van der Waals surface area contributed by atoms with E-state index in [9.17, 15) is 9.18 Å². The van der Waals surface area contributed by atoms with E-state index >= 15 is 0 Å². The minimum Gasteiger partial charge on any atom is -0.478 e. The normalized spacial score (nSPS) is 11.1. The largest absolute Gasteiger partial charge is 0.478 e. The second kappa shape index (κ2) is 5.38. The Labute approximate surface area is 110 Å². The fourth-order valence-electron chi connectivity index (χ4n) is 2.31. The smallest absolute Gasteiger partial charge is 0.335 e. The monoisotopic (exact) mass is 263 g/mol. The number of imidazole rings is 1. The minimum absolute atomic E-state index is 0.216. The molecule has 1 N–H and O–H groups in total. The van der Waals surface area contributed by atoms with Crippen LogP contribution < -0.4 is 0 Å². The molecule has 5 heteroatoms. The van der Waals surface area contributed by atoms with Crippen LogP contribution in [0.15, 0.2) is 12.1 Å². The van der Waals surface area contributed by atoms with Crippen molar-refractivity contribution in [2.24, 2.45) is 0 Å². The minimum atomic E-state index is -0.977. The van der Waals surface area contributed by atoms with Crippen LogP contribution in [0, 0.1) is 6.92 Å². The first kappa shape index (κ1) is 13.5. The van der Waals surface area contributed by atoms with Gasteiger partial charge in [-0.15, -0.1) is 0 Å². The summed E-state index contributed by atoms with van der Waals surface area (Å²) in [6, 6.07) is 3.18. The molecule has 0 aliphatic heterocycles. The van der Waals surface area contributed by atoms with Gasteiger partial charge in [0.15, 0.2) is 0 Å². The number of aromatic nitrogens is 2. The quantitative estimate of drug-likeness (QED) is 0.902. The first-order valence-electron chi connectivity index (χ1n) is 6.37. The Bertz CT molecular complexity index is 619. The summed E-state index contributed by atoms with van der Waals surface area (Å²) in [7, 11) is 0. The van der Waals surface area contributed by atoms with Crippen LogP contribution in [0.2, 0.25) is 0 Å². The number of carbonyl (C=O) groups is 1. The number of carboxylic acids is 1. The molecule has 0 spiro atoms. The number of alkyl halides is 1. The number of nitrogens with zero attached hydrogens (tertiary/aromatic N) is 2. The molecule has 1 heterocycles. The molecule has 0 unspecified atom stereocenters. The van der Waals surface area contributed by atoms with Crippen molar-refractivity contribution in [1.29, 1.82) is 0 Å². The van der Waals surface area contributed by atoms with E-state index in [1.165, 1.54) is 0 Å². The van der Waals surface area contributed by atoms with E-state index < -0.39 is 12.6 Å². The standard InChI is InChI=1S/C14H17FN2O2/c1-3-4-12-16-13-9(2)7-10(14(18)19)8-11(13)17(12)6-5-15/h7-8H,3-6H2,1-2H3,(H,18,19)/i15-1. The molecular weight excluding hydrogens is 246 g/mol. The summed E-state index contributed by atoms with van der Waals surface area (Å²) in [6.45, 7) is 3.60. The van der Waals surface area contributed by atoms with Crippen LogP contribution in [0.25, 0.3) is 11.0 Å². The summed E-state index contributed by atoms with van der Waals surface area (Å²) in [5.74, 6) is -0.157. The molecule has 0 aliphatic carbocycles. The first-order valence-corrected chi connectivity index (χ1v) is 6.37. The van der Waals surface area contributed by atoms with Crippen LogP contribution in [-0.2, 0) is 13.0 Å². The number of rotatable bonds is 5. The Hall–Kier alpha value is -1.91. The number of aromatic carboxylic acids is 1. The molecule has 0 saturated carbocycles. The topological polar surface area (TPSA) is 55.1 Å². The zero-order chi connectivity index (χ0) is 14.0. The van der Waals surface area contributed by atoms with Gasteiger partial charge in [-0.2, -0.15) is 0 Å². The number of fused-ring (bicyclic) bond motifs is 1. The lowest BCUT2D eigenvalue weighted by Gasteiger charge is -2.06. The Morgan fingerprint density at radius 3 is 2.79 bits per heavy atom. The van der Waals surface area contributed by atoms with Crippen molar-refractivity contribution in [3.05, 3.63) is 29.1 Å². The number of halogens is 1. The molecule has 2 aromatic rings. The Morgan fingerprint density at radius 1 is 1.47 bits per heavy atom. The zero-order valence-corrected chi connectivity index (χ0v) is 11.1. The van der Waals surface area contributed by atoms with Crippen LogP contribution >= 0.6 is 0 Å². The van der Waals surface area contributed by atoms with Crippen molar-refractivity contribution in [2.45, 2.75) is 33.2 Å². The third-order valence-corrected chi connectivity index (χ3v) is 3.15. The lowest BCUT2D eigenvalue weighted by molar-refractivity contribution is 0.0697. The highest BCUT2D eigenvalue weighted by atomic mass is 18.2. The molecular formula is C14H17FN2O2. The number of aryl methyl sites for hydroxylation is 3. The van der Waals surface area contributed by atoms with Crippen molar-refractivity contribution < 1.29 is 14.3 Å². The molecule has 0 amide bonds. The second-order valence-corrected chi connectivity index (χ2v) is 4.58. The van der Waals surface area contributed by atoms with Crippen molar-refractivity contribution >= 4 is 17.0 Å². The summed E-state index contributed by atoms with van der Waals surface area (Å²) >= 11 is 0. The van der Waals surface area contributed by atoms with Crippen LogP contribution in [0.3, 0.4) is 0 Å². The predicted octanol–water partition coefficient (Wildman–Crippen LogP) is 2.96. The van der Waals surface area contributed by atoms with Gasteiger partial charge >= 0.3 is 5.97 Å². The summed E-state index contributed by atoms with van der Waals surface area (Å²) in [4.78, 5) is 15.6. The highest BCUT2D eigenvalue weighted by molar-refractivity contribution is 5.93. The van der Waals surface area contributed by atoms with Gasteiger partial charge in [0.2, 0.25) is 0 Å². The van der Waals surface area contributed by atoms with Crippen LogP contribution in [0.5, 0.6) is 0 Å². The molecule has 0 fully saturated rings. The molecule has 19 heavy (non-hydrogen) atoms. The van der Waals surface area contributed by atoms with Crippen molar-refractivity contribution in [3.63, 3.8) is 0 Å². The van der Waals surface area contributed by atoms with Crippen molar-refractivity contribution in [1.82, 2.24) is 9.55 Å². The zero-order valence-electron chi connectivity index (χ0n) is 11.1. The fourth-order valence-corrected chi connectivity index (χ4v) is 2.31. The summed E-state index contributed by atoms with van der Waals surface area (Å²) in [6.07, 6.45) is 1.68. The van der Waals surface area contributed by atoms with E-state index in [0.717, 1.165) is 29.7 Å². The van der Waals surface area contributed by atoms with Gasteiger partial charge in [-0.05, 0) is 31.0 Å². The average Bonchev–Trinajstić information content (AvgIpc) is 2.70. The van der Waals surface area contributed by atoms with Gasteiger partial charge in [-0.1, -0.05) is 6.92 Å². The van der Waals surface area contributed by atoms with Crippen LogP contribution in [0.1, 0.15) is 35.1 Å². The maximum absolute atomic E-state index is 12.7. The van der Waals surface area contributed by atoms with Gasteiger partial charge in [-0.3, -0.25) is 0 Å². The van der Waals surface area contributed by atoms with E-state index in [-0.39, 0.29) is 12.1 Å². The predicted molar refractivity (Wildman–Crippen MR) is 71.4 cm³/mol. The van der Waals surface area contributed by atoms with Gasteiger partial charge in [0.1, 0.15) is 12.5 Å². The van der Waals surface area contributed by atoms with Gasteiger partial charge in [0.25, 0.3) is 0 Å². The average molecular weight is 263 g/mol. The Balaban J connectivity index is 2.69. The second-order valence-electron chi connectivity index (χ2n) is 4.58. The highest BCUT2D eigenvalue weighted by Crippen LogP contribution is 2.23. The van der Waals surface area contributed by atoms with E-state index in [2.05, 4.69) is 4.98 Å². The van der Waals surface area contributed by atoms with Crippen LogP contribution in [0.4, 0.5) is 4.39 Å². The SMILES string of the molecule is CCCc1nc2c(C)cc(C(=O)O)cc2n1CC[18F]. The van der Waals surface area contributed by atoms with Crippen molar-refractivity contribution in [3.8, 4) is 0 Å². The molecule has 0 aliphatic rings. The number of hydrogen-bond acceptors (Lipinski definition) is 2. The molecule has 0 bridgehead atoms. The number of carboxylic acid groups (broad SMARTS) is 1. The molecule has 2 rings (SSSR count). The fraction of sp³-hybridized carbons (Fsp3) is 0.429. The van der Waals surface area contributed by atoms with Crippen LogP contribution in [-0.4, -0.2) is 27.3 Å². The first-order chi connectivity index (χ1) is 9.08. The molecule has 102 valence electrons. The number of hydrogen-bond donors (Lipinski definition) is 1. The molecule has 0 radical (unpaired) electrons. The van der Waals surface area contributed by atoms with E-state index in [1.807, 2.05) is 13.8 Å². The summed E-state index contributed by atoms with van der Waals surface area (Å²) in [5.41, 5.74) is 2.50.